The summed E-state index contributed by atoms with van der Waals surface area (Å²) in [6.07, 6.45) is 0. The number of hydrogen-bond donors (Lipinski definition) is 0. The average molecular weight is 366 g/mol. The fourth-order valence-electron chi connectivity index (χ4n) is 3.44. The van der Waals surface area contributed by atoms with Gasteiger partial charge in [-0.3, -0.25) is 4.89 Å². The summed E-state index contributed by atoms with van der Waals surface area (Å²) in [5, 5.41) is 1.01. The van der Waals surface area contributed by atoms with Crippen LogP contribution in [0.25, 0.3) is 10.9 Å². The summed E-state index contributed by atoms with van der Waals surface area (Å²) in [5.74, 6) is 1.77. The zero-order valence-electron chi connectivity index (χ0n) is 15.5. The summed E-state index contributed by atoms with van der Waals surface area (Å²) in [5.41, 5.74) is 1.96. The van der Waals surface area contributed by atoms with Crippen LogP contribution >= 0.6 is 0 Å². The molecule has 2 heterocycles. The van der Waals surface area contributed by atoms with Gasteiger partial charge in [-0.25, -0.2) is 0 Å². The number of rotatable bonds is 5. The second-order valence-electron chi connectivity index (χ2n) is 6.24. The Kier molecular flexibility index (Phi) is 4.93. The van der Waals surface area contributed by atoms with Crippen molar-refractivity contribution in [3.8, 4) is 11.8 Å². The van der Waals surface area contributed by atoms with Crippen molar-refractivity contribution in [3.63, 3.8) is 0 Å². The number of aromatic nitrogens is 2. The number of ether oxygens (including phenoxy) is 1. The molecule has 0 amide bonds. The Balaban J connectivity index is 1.59. The fourth-order valence-corrected chi connectivity index (χ4v) is 3.44. The molecule has 7 heteroatoms. The third-order valence-electron chi connectivity index (χ3n) is 4.73. The normalized spacial score (nSPS) is 14.4. The number of para-hydroxylation sites is 3. The molecule has 0 bridgehead atoms. The van der Waals surface area contributed by atoms with E-state index in [1.54, 1.807) is 7.11 Å². The van der Waals surface area contributed by atoms with E-state index in [0.29, 0.717) is 0 Å². The molecule has 7 nitrogen and oxygen atoms in total. The highest BCUT2D eigenvalue weighted by atomic mass is 17.2. The molecule has 0 saturated carbocycles. The maximum absolute atomic E-state index is 5.50. The highest BCUT2D eigenvalue weighted by Crippen LogP contribution is 2.31. The monoisotopic (exact) mass is 366 g/mol. The zero-order chi connectivity index (χ0) is 18.6. The molecule has 0 spiro atoms. The molecule has 1 aliphatic heterocycles. The second kappa shape index (κ2) is 7.67. The fraction of sp³-hybridized carbons (Fsp3) is 0.300. The molecule has 1 aromatic heterocycles. The van der Waals surface area contributed by atoms with Gasteiger partial charge in [0.05, 0.1) is 25.4 Å². The molecule has 0 N–H and O–H groups in total. The highest BCUT2D eigenvalue weighted by molar-refractivity contribution is 5.90. The molecule has 1 saturated heterocycles. The van der Waals surface area contributed by atoms with E-state index in [1.165, 1.54) is 7.11 Å². The molecule has 27 heavy (non-hydrogen) atoms. The first-order valence-corrected chi connectivity index (χ1v) is 8.90. The molecule has 2 aromatic carbocycles. The molecule has 3 aromatic rings. The van der Waals surface area contributed by atoms with Crippen LogP contribution in [-0.4, -0.2) is 50.4 Å². The maximum atomic E-state index is 5.50. The van der Waals surface area contributed by atoms with Gasteiger partial charge >= 0.3 is 6.01 Å². The number of nitrogens with zero attached hydrogens (tertiary/aromatic N) is 4. The standard InChI is InChI=1S/C20H22N4O3/c1-25-18-10-6-5-9-17(18)23-11-13-24(14-12-23)19-15-7-3-4-8-16(15)21-20(22-19)27-26-2/h3-10H,11-14H2,1-2H3. The Bertz CT molecular complexity index is 926. The van der Waals surface area contributed by atoms with Gasteiger partial charge < -0.3 is 14.5 Å². The van der Waals surface area contributed by atoms with Crippen molar-refractivity contribution in [3.05, 3.63) is 48.5 Å². The number of benzene rings is 2. The highest BCUT2D eigenvalue weighted by Gasteiger charge is 2.23. The Hall–Kier alpha value is -3.06. The van der Waals surface area contributed by atoms with E-state index in [1.807, 2.05) is 42.5 Å². The largest absolute Gasteiger partial charge is 0.495 e. The quantitative estimate of drug-likeness (QED) is 0.508. The van der Waals surface area contributed by atoms with Crippen LogP contribution in [0, 0.1) is 0 Å². The minimum absolute atomic E-state index is 0.221. The molecule has 4 rings (SSSR count). The lowest BCUT2D eigenvalue weighted by Crippen LogP contribution is -2.47. The predicted octanol–water partition coefficient (Wildman–Crippen LogP) is 2.91. The number of hydrogen-bond acceptors (Lipinski definition) is 7. The van der Waals surface area contributed by atoms with Crippen LogP contribution in [0.5, 0.6) is 11.8 Å². The summed E-state index contributed by atoms with van der Waals surface area (Å²) in [6.45, 7) is 3.43. The van der Waals surface area contributed by atoms with Gasteiger partial charge in [0, 0.05) is 31.6 Å². The number of piperazine rings is 1. The van der Waals surface area contributed by atoms with Crippen LogP contribution in [0.4, 0.5) is 11.5 Å². The van der Waals surface area contributed by atoms with Gasteiger partial charge in [-0.1, -0.05) is 24.3 Å². The van der Waals surface area contributed by atoms with Crippen molar-refractivity contribution in [2.75, 3.05) is 50.2 Å². The van der Waals surface area contributed by atoms with E-state index < -0.39 is 0 Å². The zero-order valence-corrected chi connectivity index (χ0v) is 15.5. The minimum atomic E-state index is 0.221. The van der Waals surface area contributed by atoms with E-state index in [0.717, 1.165) is 54.3 Å². The van der Waals surface area contributed by atoms with Crippen LogP contribution < -0.4 is 19.4 Å². The topological polar surface area (TPSA) is 60.0 Å². The number of fused-ring (bicyclic) bond motifs is 1. The van der Waals surface area contributed by atoms with Gasteiger partial charge in [-0.15, -0.1) is 0 Å². The molecule has 1 fully saturated rings. The lowest BCUT2D eigenvalue weighted by Gasteiger charge is -2.37. The smallest absolute Gasteiger partial charge is 0.355 e. The first-order chi connectivity index (χ1) is 13.3. The minimum Gasteiger partial charge on any atom is -0.495 e. The van der Waals surface area contributed by atoms with Crippen LogP contribution in [-0.2, 0) is 4.89 Å². The van der Waals surface area contributed by atoms with Gasteiger partial charge in [0.15, 0.2) is 0 Å². The van der Waals surface area contributed by atoms with E-state index in [4.69, 9.17) is 14.5 Å². The van der Waals surface area contributed by atoms with Crippen LogP contribution in [0.2, 0.25) is 0 Å². The Morgan fingerprint density at radius 3 is 2.30 bits per heavy atom. The summed E-state index contributed by atoms with van der Waals surface area (Å²) >= 11 is 0. The lowest BCUT2D eigenvalue weighted by molar-refractivity contribution is -0.184. The summed E-state index contributed by atoms with van der Waals surface area (Å²) < 4.78 is 5.50. The molecule has 0 aliphatic carbocycles. The molecule has 0 unspecified atom stereocenters. The first kappa shape index (κ1) is 17.4. The number of anilines is 2. The van der Waals surface area contributed by atoms with E-state index in [-0.39, 0.29) is 6.01 Å². The molecular weight excluding hydrogens is 344 g/mol. The van der Waals surface area contributed by atoms with Gasteiger partial charge in [0.25, 0.3) is 0 Å². The maximum Gasteiger partial charge on any atom is 0.355 e. The van der Waals surface area contributed by atoms with Gasteiger partial charge in [-0.2, -0.15) is 14.9 Å². The molecular formula is C20H22N4O3. The van der Waals surface area contributed by atoms with Crippen LogP contribution in [0.1, 0.15) is 0 Å². The molecule has 0 atom stereocenters. The van der Waals surface area contributed by atoms with Crippen molar-refractivity contribution in [1.29, 1.82) is 0 Å². The van der Waals surface area contributed by atoms with Crippen LogP contribution in [0.3, 0.4) is 0 Å². The third-order valence-corrected chi connectivity index (χ3v) is 4.73. The van der Waals surface area contributed by atoms with Crippen molar-refractivity contribution in [2.45, 2.75) is 0 Å². The van der Waals surface area contributed by atoms with Crippen molar-refractivity contribution < 1.29 is 14.5 Å². The van der Waals surface area contributed by atoms with Crippen molar-refractivity contribution in [2.24, 2.45) is 0 Å². The molecule has 0 radical (unpaired) electrons. The molecule has 140 valence electrons. The third kappa shape index (κ3) is 3.46. The van der Waals surface area contributed by atoms with E-state index in [9.17, 15) is 0 Å². The average Bonchev–Trinajstić information content (AvgIpc) is 2.73. The number of methoxy groups -OCH3 is 1. The van der Waals surface area contributed by atoms with Gasteiger partial charge in [0.2, 0.25) is 0 Å². The summed E-state index contributed by atoms with van der Waals surface area (Å²) in [6, 6.07) is 16.3. The molecule has 1 aliphatic rings. The predicted molar refractivity (Wildman–Crippen MR) is 105 cm³/mol. The van der Waals surface area contributed by atoms with Gasteiger partial charge in [-0.05, 0) is 24.3 Å². The summed E-state index contributed by atoms with van der Waals surface area (Å²) in [4.78, 5) is 23.4. The lowest BCUT2D eigenvalue weighted by atomic mass is 10.2. The van der Waals surface area contributed by atoms with Crippen molar-refractivity contribution in [1.82, 2.24) is 9.97 Å². The Labute approximate surface area is 158 Å². The van der Waals surface area contributed by atoms with Crippen LogP contribution in [0.15, 0.2) is 48.5 Å². The summed E-state index contributed by atoms with van der Waals surface area (Å²) in [7, 11) is 3.16. The Morgan fingerprint density at radius 2 is 1.52 bits per heavy atom. The van der Waals surface area contributed by atoms with Crippen molar-refractivity contribution >= 4 is 22.4 Å². The van der Waals surface area contributed by atoms with E-state index in [2.05, 4.69) is 25.8 Å². The van der Waals surface area contributed by atoms with Gasteiger partial charge in [0.1, 0.15) is 11.6 Å². The second-order valence-corrected chi connectivity index (χ2v) is 6.24. The van der Waals surface area contributed by atoms with E-state index >= 15 is 0 Å². The SMILES string of the molecule is COOc1nc(N2CCN(c3ccccc3OC)CC2)c2ccccc2n1. The first-order valence-electron chi connectivity index (χ1n) is 8.90. The Morgan fingerprint density at radius 1 is 0.815 bits per heavy atom.